The first kappa shape index (κ1) is 25.8. The Bertz CT molecular complexity index is 844. The highest BCUT2D eigenvalue weighted by Gasteiger charge is 2.35. The predicted octanol–water partition coefficient (Wildman–Crippen LogP) is 3.69. The number of carbonyl (C=O) groups excluding carboxylic acids is 3. The fourth-order valence-corrected chi connectivity index (χ4v) is 4.36. The molecular weight excluding hydrogens is 436 g/mol. The maximum atomic E-state index is 12.8. The van der Waals surface area contributed by atoms with E-state index in [4.69, 9.17) is 4.74 Å². The average molecular weight is 475 g/mol. The second-order valence-electron chi connectivity index (χ2n) is 9.88. The first-order valence-corrected chi connectivity index (χ1v) is 12.1. The number of piperidine rings is 1. The smallest absolute Gasteiger partial charge is 0.411 e. The Morgan fingerprint density at radius 1 is 1.00 bits per heavy atom. The van der Waals surface area contributed by atoms with Crippen molar-refractivity contribution in [2.75, 3.05) is 45.2 Å². The molecule has 2 aliphatic heterocycles. The zero-order valence-electron chi connectivity index (χ0n) is 20.8. The van der Waals surface area contributed by atoms with Crippen LogP contribution in [0, 0.1) is 0 Å². The van der Waals surface area contributed by atoms with E-state index in [0.29, 0.717) is 45.6 Å². The van der Waals surface area contributed by atoms with Gasteiger partial charge in [0.1, 0.15) is 5.60 Å². The number of rotatable bonds is 5. The van der Waals surface area contributed by atoms with Crippen LogP contribution in [0.4, 0.5) is 15.3 Å². The first-order valence-electron chi connectivity index (χ1n) is 12.1. The summed E-state index contributed by atoms with van der Waals surface area (Å²) in [5.74, 6) is -0.237. The molecule has 0 bridgehead atoms. The molecule has 188 valence electrons. The minimum atomic E-state index is -0.518. The van der Waals surface area contributed by atoms with E-state index in [1.807, 2.05) is 54.8 Å². The van der Waals surface area contributed by atoms with Crippen molar-refractivity contribution in [3.63, 3.8) is 0 Å². The standard InChI is InChI=1S/C25H38N4O5/c1-25(2,3)34-24(32)29-14-6-5-7-21(29)27-15-17-28(18-16-27)23(31)26-20-11-8-19(9-12-20)10-13-22(30)33-4/h8-9,11-12,21H,5-7,10,13-18H2,1-4H3,(H,26,31). The third kappa shape index (κ3) is 7.35. The van der Waals surface area contributed by atoms with Crippen LogP contribution < -0.4 is 5.32 Å². The Hall–Kier alpha value is -2.81. The number of hydrogen-bond donors (Lipinski definition) is 1. The number of piperazine rings is 1. The highest BCUT2D eigenvalue weighted by Crippen LogP contribution is 2.24. The lowest BCUT2D eigenvalue weighted by Crippen LogP contribution is -2.60. The molecule has 2 aliphatic rings. The first-order chi connectivity index (χ1) is 16.2. The van der Waals surface area contributed by atoms with Gasteiger partial charge in [-0.1, -0.05) is 12.1 Å². The third-order valence-corrected chi connectivity index (χ3v) is 6.17. The molecule has 0 saturated carbocycles. The molecule has 0 radical (unpaired) electrons. The average Bonchev–Trinajstić information content (AvgIpc) is 2.82. The Morgan fingerprint density at radius 2 is 1.68 bits per heavy atom. The molecule has 0 aromatic heterocycles. The van der Waals surface area contributed by atoms with Crippen LogP contribution in [0.1, 0.15) is 52.0 Å². The van der Waals surface area contributed by atoms with Crippen LogP contribution in [-0.4, -0.2) is 84.4 Å². The fraction of sp³-hybridized carbons (Fsp3) is 0.640. The number of methoxy groups -OCH3 is 1. The summed E-state index contributed by atoms with van der Waals surface area (Å²) in [4.78, 5) is 42.7. The zero-order valence-corrected chi connectivity index (χ0v) is 20.8. The lowest BCUT2D eigenvalue weighted by molar-refractivity contribution is -0.140. The minimum Gasteiger partial charge on any atom is -0.469 e. The van der Waals surface area contributed by atoms with Crippen LogP contribution in [0.25, 0.3) is 0 Å². The molecule has 2 fully saturated rings. The molecule has 3 rings (SSSR count). The normalized spacial score (nSPS) is 19.5. The van der Waals surface area contributed by atoms with Crippen LogP contribution in [-0.2, 0) is 20.7 Å². The number of anilines is 1. The summed E-state index contributed by atoms with van der Waals surface area (Å²) >= 11 is 0. The predicted molar refractivity (Wildman–Crippen MR) is 130 cm³/mol. The van der Waals surface area contributed by atoms with Crippen molar-refractivity contribution in [2.24, 2.45) is 0 Å². The number of likely N-dealkylation sites (tertiary alicyclic amines) is 1. The SMILES string of the molecule is COC(=O)CCc1ccc(NC(=O)N2CCN(C3CCCCN3C(=O)OC(C)(C)C)CC2)cc1. The van der Waals surface area contributed by atoms with Crippen molar-refractivity contribution in [1.82, 2.24) is 14.7 Å². The summed E-state index contributed by atoms with van der Waals surface area (Å²) in [5, 5.41) is 2.95. The van der Waals surface area contributed by atoms with E-state index < -0.39 is 5.60 Å². The van der Waals surface area contributed by atoms with Gasteiger partial charge in [-0.2, -0.15) is 0 Å². The molecule has 3 amide bonds. The van der Waals surface area contributed by atoms with Gasteiger partial charge in [0.2, 0.25) is 0 Å². The summed E-state index contributed by atoms with van der Waals surface area (Å²) in [6.45, 7) is 8.98. The molecule has 1 aromatic carbocycles. The van der Waals surface area contributed by atoms with E-state index in [-0.39, 0.29) is 24.3 Å². The molecule has 1 aromatic rings. The summed E-state index contributed by atoms with van der Waals surface area (Å²) in [5.41, 5.74) is 1.21. The molecule has 1 atom stereocenters. The Balaban J connectivity index is 1.49. The number of ether oxygens (including phenoxy) is 2. The van der Waals surface area contributed by atoms with E-state index in [2.05, 4.69) is 15.0 Å². The van der Waals surface area contributed by atoms with Crippen molar-refractivity contribution >= 4 is 23.8 Å². The number of amides is 3. The molecule has 1 unspecified atom stereocenters. The van der Waals surface area contributed by atoms with E-state index >= 15 is 0 Å². The largest absolute Gasteiger partial charge is 0.469 e. The number of esters is 1. The summed E-state index contributed by atoms with van der Waals surface area (Å²) in [7, 11) is 1.38. The summed E-state index contributed by atoms with van der Waals surface area (Å²) < 4.78 is 10.3. The van der Waals surface area contributed by atoms with Gasteiger partial charge in [-0.3, -0.25) is 14.6 Å². The Morgan fingerprint density at radius 3 is 2.29 bits per heavy atom. The Kier molecular flexibility index (Phi) is 8.77. The number of hydrogen-bond acceptors (Lipinski definition) is 6. The van der Waals surface area contributed by atoms with Crippen LogP contribution in [0.3, 0.4) is 0 Å². The molecular formula is C25H38N4O5. The molecule has 9 heteroatoms. The van der Waals surface area contributed by atoms with Crippen molar-refractivity contribution in [2.45, 2.75) is 64.6 Å². The minimum absolute atomic E-state index is 0.0198. The number of nitrogens with one attached hydrogen (secondary N) is 1. The number of benzene rings is 1. The highest BCUT2D eigenvalue weighted by molar-refractivity contribution is 5.89. The molecule has 34 heavy (non-hydrogen) atoms. The number of aryl methyl sites for hydroxylation is 1. The lowest BCUT2D eigenvalue weighted by atomic mass is 10.1. The van der Waals surface area contributed by atoms with Crippen molar-refractivity contribution in [3.8, 4) is 0 Å². The van der Waals surface area contributed by atoms with Gasteiger partial charge < -0.3 is 19.7 Å². The van der Waals surface area contributed by atoms with Crippen molar-refractivity contribution < 1.29 is 23.9 Å². The molecule has 0 aliphatic carbocycles. The van der Waals surface area contributed by atoms with E-state index in [1.54, 1.807) is 0 Å². The molecule has 1 N–H and O–H groups in total. The fourth-order valence-electron chi connectivity index (χ4n) is 4.36. The van der Waals surface area contributed by atoms with Crippen molar-refractivity contribution in [3.05, 3.63) is 29.8 Å². The lowest BCUT2D eigenvalue weighted by Gasteiger charge is -2.45. The molecule has 9 nitrogen and oxygen atoms in total. The molecule has 0 spiro atoms. The topological polar surface area (TPSA) is 91.4 Å². The second-order valence-corrected chi connectivity index (χ2v) is 9.88. The van der Waals surface area contributed by atoms with Crippen LogP contribution in [0.5, 0.6) is 0 Å². The highest BCUT2D eigenvalue weighted by atomic mass is 16.6. The monoisotopic (exact) mass is 474 g/mol. The zero-order chi connectivity index (χ0) is 24.7. The third-order valence-electron chi connectivity index (χ3n) is 6.17. The summed E-state index contributed by atoms with van der Waals surface area (Å²) in [6.07, 6.45) is 3.69. The maximum Gasteiger partial charge on any atom is 0.411 e. The quantitative estimate of drug-likeness (QED) is 0.655. The number of nitrogens with zero attached hydrogens (tertiary/aromatic N) is 3. The van der Waals surface area contributed by atoms with Gasteiger partial charge in [-0.15, -0.1) is 0 Å². The molecule has 2 saturated heterocycles. The van der Waals surface area contributed by atoms with Gasteiger partial charge in [-0.05, 0) is 64.2 Å². The van der Waals surface area contributed by atoms with Crippen molar-refractivity contribution in [1.29, 1.82) is 0 Å². The van der Waals surface area contributed by atoms with Gasteiger partial charge in [0.15, 0.2) is 0 Å². The van der Waals surface area contributed by atoms with Crippen LogP contribution >= 0.6 is 0 Å². The molecule has 2 heterocycles. The summed E-state index contributed by atoms with van der Waals surface area (Å²) in [6, 6.07) is 7.38. The number of urea groups is 1. The van der Waals surface area contributed by atoms with Gasteiger partial charge in [0, 0.05) is 44.8 Å². The van der Waals surface area contributed by atoms with E-state index in [1.165, 1.54) is 7.11 Å². The van der Waals surface area contributed by atoms with Gasteiger partial charge in [0.05, 0.1) is 13.3 Å². The van der Waals surface area contributed by atoms with E-state index in [0.717, 1.165) is 30.5 Å². The van der Waals surface area contributed by atoms with Gasteiger partial charge in [-0.25, -0.2) is 9.59 Å². The van der Waals surface area contributed by atoms with E-state index in [9.17, 15) is 14.4 Å². The van der Waals surface area contributed by atoms with Crippen LogP contribution in [0.15, 0.2) is 24.3 Å². The Labute approximate surface area is 202 Å². The van der Waals surface area contributed by atoms with Gasteiger partial charge in [0.25, 0.3) is 0 Å². The second kappa shape index (κ2) is 11.6. The van der Waals surface area contributed by atoms with Gasteiger partial charge >= 0.3 is 18.1 Å². The number of carbonyl (C=O) groups is 3. The van der Waals surface area contributed by atoms with Crippen LogP contribution in [0.2, 0.25) is 0 Å². The maximum absolute atomic E-state index is 12.8.